The molecule has 0 radical (unpaired) electrons. The van der Waals surface area contributed by atoms with Gasteiger partial charge >= 0.3 is 17.9 Å². The lowest BCUT2D eigenvalue weighted by atomic mass is 10.0. The van der Waals surface area contributed by atoms with E-state index in [9.17, 15) is 73.2 Å². The molecule has 0 aliphatic carbocycles. The number of carbonyl (C=O) groups excluding carboxylic acids is 8. The molecule has 1 aromatic rings. The number of carboxylic acid groups (broad SMARTS) is 3. The first kappa shape index (κ1) is 55.4. The number of phenolic OH excluding ortho intramolecular Hbond substituents is 1. The van der Waals surface area contributed by atoms with Crippen LogP contribution in [0.4, 0.5) is 0 Å². The molecule has 26 nitrogen and oxygen atoms in total. The van der Waals surface area contributed by atoms with Crippen molar-refractivity contribution < 1.29 is 83.4 Å². The SMILES string of the molecule is C[C@H](NC(=O)[C@@H]1CCCN1C(=O)[C@H](C)NC(=O)[C@@H](NC(=O)[C@@H]1CCCN1C(=O)[C@H](Cc1ccc(O)cc1)NC(=O)[C@@H](N)CCC(=O)O)[C@@H](C)O)C(=O)N[C@@H](CO)C(=O)N[C@@H](CCC(=O)O)C(=O)O. The van der Waals surface area contributed by atoms with Gasteiger partial charge in [-0.1, -0.05) is 12.1 Å². The van der Waals surface area contributed by atoms with Crippen LogP contribution < -0.4 is 37.6 Å². The van der Waals surface area contributed by atoms with Crippen molar-refractivity contribution in [1.82, 2.24) is 41.7 Å². The summed E-state index contributed by atoms with van der Waals surface area (Å²) in [4.78, 5) is 143. The van der Waals surface area contributed by atoms with Gasteiger partial charge in [0.25, 0.3) is 0 Å². The predicted molar refractivity (Wildman–Crippen MR) is 232 cm³/mol. The zero-order valence-electron chi connectivity index (χ0n) is 37.7. The molecule has 8 amide bonds. The maximum absolute atomic E-state index is 14.1. The van der Waals surface area contributed by atoms with E-state index in [0.29, 0.717) is 18.4 Å². The summed E-state index contributed by atoms with van der Waals surface area (Å²) < 4.78 is 0. The first-order chi connectivity index (χ1) is 31.9. The molecule has 0 saturated carbocycles. The van der Waals surface area contributed by atoms with Crippen LogP contribution in [0, 0.1) is 0 Å². The number of nitrogens with two attached hydrogens (primary N) is 1. The molecule has 0 unspecified atom stereocenters. The number of aliphatic hydroxyl groups excluding tert-OH is 2. The number of hydrogen-bond acceptors (Lipinski definition) is 15. The van der Waals surface area contributed by atoms with Crippen molar-refractivity contribution in [3.05, 3.63) is 29.8 Å². The van der Waals surface area contributed by atoms with Crippen LogP contribution in [-0.4, -0.2) is 186 Å². The Morgan fingerprint density at radius 1 is 0.632 bits per heavy atom. The van der Waals surface area contributed by atoms with E-state index in [-0.39, 0.29) is 44.5 Å². The molecule has 3 rings (SSSR count). The fourth-order valence-electron chi connectivity index (χ4n) is 7.49. The van der Waals surface area contributed by atoms with Crippen molar-refractivity contribution in [2.24, 2.45) is 5.73 Å². The number of rotatable bonds is 25. The fraction of sp³-hybridized carbons (Fsp3) is 0.595. The van der Waals surface area contributed by atoms with Gasteiger partial charge in [0.05, 0.1) is 18.8 Å². The molecule has 2 heterocycles. The van der Waals surface area contributed by atoms with Gasteiger partial charge in [-0.25, -0.2) is 4.79 Å². The largest absolute Gasteiger partial charge is 0.508 e. The van der Waals surface area contributed by atoms with E-state index in [1.165, 1.54) is 49.9 Å². The average molecular weight is 964 g/mol. The summed E-state index contributed by atoms with van der Waals surface area (Å²) in [6, 6.07) is -6.82. The third-order valence-corrected chi connectivity index (χ3v) is 11.3. The molecule has 0 bridgehead atoms. The molecule has 2 aliphatic rings. The third-order valence-electron chi connectivity index (χ3n) is 11.3. The Bertz CT molecular complexity index is 2040. The first-order valence-electron chi connectivity index (χ1n) is 21.9. The molecular formula is C42H61N9O17. The summed E-state index contributed by atoms with van der Waals surface area (Å²) in [5.41, 5.74) is 6.41. The number of hydrogen-bond donors (Lipinski definition) is 13. The summed E-state index contributed by atoms with van der Waals surface area (Å²) in [7, 11) is 0. The van der Waals surface area contributed by atoms with Crippen molar-refractivity contribution >= 4 is 65.2 Å². The number of aliphatic hydroxyl groups is 2. The van der Waals surface area contributed by atoms with Crippen LogP contribution in [0.3, 0.4) is 0 Å². The minimum atomic E-state index is -1.68. The fourth-order valence-corrected chi connectivity index (χ4v) is 7.49. The quantitative estimate of drug-likeness (QED) is 0.0438. The van der Waals surface area contributed by atoms with Gasteiger partial charge in [-0.3, -0.25) is 47.9 Å². The zero-order valence-corrected chi connectivity index (χ0v) is 37.7. The summed E-state index contributed by atoms with van der Waals surface area (Å²) >= 11 is 0. The van der Waals surface area contributed by atoms with Crippen LogP contribution in [0.15, 0.2) is 24.3 Å². The van der Waals surface area contributed by atoms with Crippen LogP contribution in [0.5, 0.6) is 5.75 Å². The molecule has 68 heavy (non-hydrogen) atoms. The van der Waals surface area contributed by atoms with E-state index in [1.807, 2.05) is 5.32 Å². The van der Waals surface area contributed by atoms with E-state index in [1.54, 1.807) is 0 Å². The smallest absolute Gasteiger partial charge is 0.326 e. The van der Waals surface area contributed by atoms with E-state index < -0.39 is 152 Å². The van der Waals surface area contributed by atoms with Gasteiger partial charge in [0.2, 0.25) is 47.3 Å². The number of aliphatic carboxylic acids is 3. The van der Waals surface area contributed by atoms with Crippen LogP contribution >= 0.6 is 0 Å². The van der Waals surface area contributed by atoms with Crippen molar-refractivity contribution in [1.29, 1.82) is 0 Å². The van der Waals surface area contributed by atoms with Gasteiger partial charge < -0.3 is 78.1 Å². The Hall–Kier alpha value is -6.93. The average Bonchev–Trinajstić information content (AvgIpc) is 3.98. The number of aromatic hydroxyl groups is 1. The number of carboxylic acids is 3. The number of benzene rings is 1. The number of carbonyl (C=O) groups is 11. The topological polar surface area (TPSA) is 414 Å². The molecule has 376 valence electrons. The second-order valence-corrected chi connectivity index (χ2v) is 16.6. The maximum atomic E-state index is 14.1. The molecule has 2 saturated heterocycles. The highest BCUT2D eigenvalue weighted by Crippen LogP contribution is 2.22. The Morgan fingerprint density at radius 2 is 1.15 bits per heavy atom. The predicted octanol–water partition coefficient (Wildman–Crippen LogP) is -4.62. The third kappa shape index (κ3) is 16.1. The number of nitrogens with one attached hydrogen (secondary N) is 6. The second-order valence-electron chi connectivity index (χ2n) is 16.6. The Balaban J connectivity index is 1.65. The molecule has 2 fully saturated rings. The summed E-state index contributed by atoms with van der Waals surface area (Å²) in [6.07, 6.45) is -2.43. The van der Waals surface area contributed by atoms with Gasteiger partial charge in [-0.2, -0.15) is 0 Å². The van der Waals surface area contributed by atoms with E-state index >= 15 is 0 Å². The van der Waals surface area contributed by atoms with Crippen LogP contribution in [0.1, 0.15) is 77.7 Å². The van der Waals surface area contributed by atoms with Gasteiger partial charge in [0.1, 0.15) is 54.1 Å². The lowest BCUT2D eigenvalue weighted by molar-refractivity contribution is -0.144. The van der Waals surface area contributed by atoms with E-state index in [4.69, 9.17) is 15.9 Å². The zero-order chi connectivity index (χ0) is 51.0. The number of likely N-dealkylation sites (tertiary alicyclic amines) is 2. The Morgan fingerprint density at radius 3 is 1.68 bits per heavy atom. The van der Waals surface area contributed by atoms with Crippen molar-refractivity contribution in [3.63, 3.8) is 0 Å². The lowest BCUT2D eigenvalue weighted by Crippen LogP contribution is -2.61. The first-order valence-corrected chi connectivity index (χ1v) is 21.9. The second kappa shape index (κ2) is 25.8. The lowest BCUT2D eigenvalue weighted by Gasteiger charge is -2.31. The minimum absolute atomic E-state index is 0.0572. The van der Waals surface area contributed by atoms with Crippen LogP contribution in [-0.2, 0) is 59.2 Å². The number of phenols is 1. The number of nitrogens with zero attached hydrogens (tertiary/aromatic N) is 2. The van der Waals surface area contributed by atoms with Gasteiger partial charge in [-0.15, -0.1) is 0 Å². The molecule has 26 heteroatoms. The standard InChI is InChI=1S/C42H61N9O17/c1-20(34(59)48-28(19-52)36(61)46-26(42(67)68)13-15-32(57)58)44-37(62)29-6-4-16-50(29)40(65)21(2)45-39(64)33(22(3)53)49-38(63)30-7-5-17-51(30)41(66)27(18-23-8-10-24(54)11-9-23)47-35(60)25(43)12-14-31(55)56/h8-11,20-22,25-30,33,52-54H,4-7,12-19,43H2,1-3H3,(H,44,62)(H,45,64)(H,46,61)(H,47,60)(H,48,59)(H,49,63)(H,55,56)(H,57,58)(H,67,68)/t20-,21-,22+,25-,26-,27-,28-,29-,30-,33-/m0/s1. The normalized spacial score (nSPS) is 19.1. The highest BCUT2D eigenvalue weighted by molar-refractivity contribution is 5.98. The molecular weight excluding hydrogens is 903 g/mol. The van der Waals surface area contributed by atoms with Gasteiger partial charge in [0, 0.05) is 32.4 Å². The maximum Gasteiger partial charge on any atom is 0.326 e. The highest BCUT2D eigenvalue weighted by atomic mass is 16.4. The molecule has 2 aliphatic heterocycles. The highest BCUT2D eigenvalue weighted by Gasteiger charge is 2.42. The Kier molecular flexibility index (Phi) is 21.0. The Labute approximate surface area is 389 Å². The monoisotopic (exact) mass is 963 g/mol. The molecule has 0 aromatic heterocycles. The molecule has 10 atom stereocenters. The van der Waals surface area contributed by atoms with Crippen molar-refractivity contribution in [2.75, 3.05) is 19.7 Å². The van der Waals surface area contributed by atoms with Gasteiger partial charge in [-0.05, 0) is 77.0 Å². The van der Waals surface area contributed by atoms with Crippen molar-refractivity contribution in [3.8, 4) is 5.75 Å². The molecule has 0 spiro atoms. The molecule has 14 N–H and O–H groups in total. The molecule has 1 aromatic carbocycles. The summed E-state index contributed by atoms with van der Waals surface area (Å²) in [5.74, 6) is -11.1. The van der Waals surface area contributed by atoms with Crippen LogP contribution in [0.2, 0.25) is 0 Å². The van der Waals surface area contributed by atoms with Crippen LogP contribution in [0.25, 0.3) is 0 Å². The van der Waals surface area contributed by atoms with E-state index in [2.05, 4.69) is 26.6 Å². The van der Waals surface area contributed by atoms with E-state index in [0.717, 1.165) is 4.90 Å². The summed E-state index contributed by atoms with van der Waals surface area (Å²) in [6.45, 7) is 2.86. The summed E-state index contributed by atoms with van der Waals surface area (Å²) in [5, 5.41) is 71.3. The minimum Gasteiger partial charge on any atom is -0.508 e. The number of amides is 8. The van der Waals surface area contributed by atoms with Crippen molar-refractivity contribution in [2.45, 2.75) is 139 Å². The van der Waals surface area contributed by atoms with Gasteiger partial charge in [0.15, 0.2) is 0 Å².